The van der Waals surface area contributed by atoms with E-state index in [2.05, 4.69) is 15.2 Å². The Bertz CT molecular complexity index is 1010. The van der Waals surface area contributed by atoms with Gasteiger partial charge in [-0.05, 0) is 43.0 Å². The maximum Gasteiger partial charge on any atom is 0.324 e. The molecule has 0 saturated carbocycles. The quantitative estimate of drug-likeness (QED) is 0.592. The highest BCUT2D eigenvalue weighted by molar-refractivity contribution is 7.89. The van der Waals surface area contributed by atoms with Crippen LogP contribution in [0.4, 0.5) is 11.4 Å². The van der Waals surface area contributed by atoms with E-state index in [0.29, 0.717) is 19.6 Å². The van der Waals surface area contributed by atoms with Crippen LogP contribution in [0.5, 0.6) is 0 Å². The number of sulfonamides is 1. The first-order valence-electron chi connectivity index (χ1n) is 10.4. The second-order valence-electron chi connectivity index (χ2n) is 7.99. The molecule has 31 heavy (non-hydrogen) atoms. The van der Waals surface area contributed by atoms with Gasteiger partial charge in [-0.25, -0.2) is 8.42 Å². The van der Waals surface area contributed by atoms with Crippen LogP contribution in [0.3, 0.4) is 0 Å². The van der Waals surface area contributed by atoms with E-state index in [4.69, 9.17) is 4.74 Å². The average Bonchev–Trinajstić information content (AvgIpc) is 3.15. The Balaban J connectivity index is 1.76. The van der Waals surface area contributed by atoms with Crippen molar-refractivity contribution in [1.29, 1.82) is 0 Å². The number of nitrogens with one attached hydrogen (secondary N) is 1. The average molecular weight is 447 g/mol. The summed E-state index contributed by atoms with van der Waals surface area (Å²) in [5, 5.41) is 3.29. The van der Waals surface area contributed by atoms with Crippen LogP contribution in [0.2, 0.25) is 0 Å². The lowest BCUT2D eigenvalue weighted by Crippen LogP contribution is -2.44. The molecule has 0 saturated heterocycles. The SMILES string of the molecule is CCOC(=O)[C@H](CC(C)C)N(C)S(=O)(=O)c1ccc(CN2CNc3cnccc32)cc1. The Morgan fingerprint density at radius 2 is 1.97 bits per heavy atom. The van der Waals surface area contributed by atoms with Crippen molar-refractivity contribution in [2.75, 3.05) is 30.5 Å². The first kappa shape index (κ1) is 23.0. The van der Waals surface area contributed by atoms with Gasteiger partial charge in [0.2, 0.25) is 10.0 Å². The molecular weight excluding hydrogens is 416 g/mol. The summed E-state index contributed by atoms with van der Waals surface area (Å²) in [6, 6.07) is 7.90. The Labute approximate surface area is 184 Å². The van der Waals surface area contributed by atoms with Crippen LogP contribution < -0.4 is 10.2 Å². The normalized spacial score (nSPS) is 14.5. The van der Waals surface area contributed by atoms with Crippen molar-refractivity contribution >= 4 is 27.4 Å². The maximum absolute atomic E-state index is 13.2. The Morgan fingerprint density at radius 1 is 1.26 bits per heavy atom. The number of nitrogens with zero attached hydrogens (tertiary/aromatic N) is 3. The molecule has 3 rings (SSSR count). The molecule has 0 radical (unpaired) electrons. The Hall–Kier alpha value is -2.65. The molecule has 1 N–H and O–H groups in total. The van der Waals surface area contributed by atoms with Gasteiger partial charge in [-0.1, -0.05) is 26.0 Å². The molecule has 1 aliphatic heterocycles. The molecule has 2 heterocycles. The first-order chi connectivity index (χ1) is 14.7. The van der Waals surface area contributed by atoms with Gasteiger partial charge in [-0.3, -0.25) is 9.78 Å². The summed E-state index contributed by atoms with van der Waals surface area (Å²) >= 11 is 0. The number of hydrogen-bond acceptors (Lipinski definition) is 7. The van der Waals surface area contributed by atoms with Crippen molar-refractivity contribution in [3.63, 3.8) is 0 Å². The topological polar surface area (TPSA) is 91.8 Å². The molecule has 1 aromatic heterocycles. The summed E-state index contributed by atoms with van der Waals surface area (Å²) in [6.07, 6.45) is 3.93. The molecule has 1 atom stereocenters. The maximum atomic E-state index is 13.2. The molecule has 0 bridgehead atoms. The molecule has 0 aliphatic carbocycles. The van der Waals surface area contributed by atoms with E-state index < -0.39 is 22.0 Å². The van der Waals surface area contributed by atoms with Gasteiger partial charge in [0, 0.05) is 19.8 Å². The van der Waals surface area contributed by atoms with Gasteiger partial charge < -0.3 is 15.0 Å². The van der Waals surface area contributed by atoms with Gasteiger partial charge in [0.25, 0.3) is 0 Å². The highest BCUT2D eigenvalue weighted by atomic mass is 32.2. The lowest BCUT2D eigenvalue weighted by molar-refractivity contribution is -0.147. The van der Waals surface area contributed by atoms with E-state index in [1.807, 2.05) is 32.0 Å². The summed E-state index contributed by atoms with van der Waals surface area (Å²) in [5.74, 6) is -0.379. The van der Waals surface area contributed by atoms with Crippen LogP contribution in [-0.4, -0.2) is 50.0 Å². The number of pyridine rings is 1. The third-order valence-electron chi connectivity index (χ3n) is 5.27. The van der Waals surface area contributed by atoms with Crippen LogP contribution >= 0.6 is 0 Å². The molecule has 0 amide bonds. The number of carbonyl (C=O) groups excluding carboxylic acids is 1. The van der Waals surface area contributed by atoms with Gasteiger partial charge in [-0.2, -0.15) is 4.31 Å². The van der Waals surface area contributed by atoms with Crippen LogP contribution in [0.15, 0.2) is 47.6 Å². The third kappa shape index (κ3) is 5.16. The lowest BCUT2D eigenvalue weighted by Gasteiger charge is -2.27. The van der Waals surface area contributed by atoms with Gasteiger partial charge in [-0.15, -0.1) is 0 Å². The number of aromatic nitrogens is 1. The number of likely N-dealkylation sites (N-methyl/N-ethyl adjacent to an activating group) is 1. The largest absolute Gasteiger partial charge is 0.465 e. The van der Waals surface area contributed by atoms with Gasteiger partial charge in [0.05, 0.1) is 35.7 Å². The number of fused-ring (bicyclic) bond motifs is 1. The van der Waals surface area contributed by atoms with Gasteiger partial charge >= 0.3 is 5.97 Å². The molecule has 0 fully saturated rings. The van der Waals surface area contributed by atoms with E-state index in [0.717, 1.165) is 21.2 Å². The molecule has 0 unspecified atom stereocenters. The van der Waals surface area contributed by atoms with Crippen LogP contribution in [0.1, 0.15) is 32.8 Å². The van der Waals surface area contributed by atoms with Crippen LogP contribution in [-0.2, 0) is 26.1 Å². The van der Waals surface area contributed by atoms with E-state index in [1.165, 1.54) is 7.05 Å². The lowest BCUT2D eigenvalue weighted by atomic mass is 10.0. The van der Waals surface area contributed by atoms with E-state index >= 15 is 0 Å². The fourth-order valence-electron chi connectivity index (χ4n) is 3.61. The van der Waals surface area contributed by atoms with Crippen molar-refractivity contribution in [2.24, 2.45) is 5.92 Å². The van der Waals surface area contributed by atoms with Crippen molar-refractivity contribution in [3.05, 3.63) is 48.3 Å². The number of carbonyl (C=O) groups is 1. The molecule has 0 spiro atoms. The minimum atomic E-state index is -3.84. The fourth-order valence-corrected chi connectivity index (χ4v) is 4.92. The van der Waals surface area contributed by atoms with Crippen molar-refractivity contribution < 1.29 is 17.9 Å². The summed E-state index contributed by atoms with van der Waals surface area (Å²) < 4.78 is 32.6. The summed E-state index contributed by atoms with van der Waals surface area (Å²) in [6.45, 7) is 7.12. The Kier molecular flexibility index (Phi) is 7.17. The highest BCUT2D eigenvalue weighted by Gasteiger charge is 2.34. The summed E-state index contributed by atoms with van der Waals surface area (Å²) in [7, 11) is -2.40. The van der Waals surface area contributed by atoms with Crippen molar-refractivity contribution in [2.45, 2.75) is 44.7 Å². The van der Waals surface area contributed by atoms with Crippen molar-refractivity contribution in [3.8, 4) is 0 Å². The minimum Gasteiger partial charge on any atom is -0.465 e. The zero-order valence-corrected chi connectivity index (χ0v) is 19.2. The molecule has 2 aromatic rings. The van der Waals surface area contributed by atoms with Crippen LogP contribution in [0, 0.1) is 5.92 Å². The molecular formula is C22H30N4O4S. The second kappa shape index (κ2) is 9.65. The van der Waals surface area contributed by atoms with E-state index in [1.54, 1.807) is 31.5 Å². The smallest absolute Gasteiger partial charge is 0.324 e. The number of anilines is 2. The zero-order chi connectivity index (χ0) is 22.6. The molecule has 9 heteroatoms. The first-order valence-corrected chi connectivity index (χ1v) is 11.8. The Morgan fingerprint density at radius 3 is 2.61 bits per heavy atom. The second-order valence-corrected chi connectivity index (χ2v) is 9.99. The number of rotatable bonds is 9. The monoisotopic (exact) mass is 446 g/mol. The van der Waals surface area contributed by atoms with E-state index in [-0.39, 0.29) is 17.4 Å². The zero-order valence-electron chi connectivity index (χ0n) is 18.4. The summed E-state index contributed by atoms with van der Waals surface area (Å²) in [5.41, 5.74) is 3.04. The van der Waals surface area contributed by atoms with Gasteiger partial charge in [0.1, 0.15) is 6.04 Å². The number of benzene rings is 1. The predicted octanol–water partition coefficient (Wildman–Crippen LogP) is 3.07. The number of hydrogen-bond donors (Lipinski definition) is 1. The van der Waals surface area contributed by atoms with Crippen molar-refractivity contribution in [1.82, 2.24) is 9.29 Å². The molecule has 8 nitrogen and oxygen atoms in total. The number of esters is 1. The fraction of sp³-hybridized carbons (Fsp3) is 0.455. The standard InChI is InChI=1S/C22H30N4O4S/c1-5-30-22(27)21(12-16(2)3)25(4)31(28,29)18-8-6-17(7-9-18)14-26-15-24-19-13-23-11-10-20(19)26/h6-11,13,16,21,24H,5,12,14-15H2,1-4H3/t21-/m0/s1. The van der Waals surface area contributed by atoms with Crippen LogP contribution in [0.25, 0.3) is 0 Å². The minimum absolute atomic E-state index is 0.140. The molecule has 168 valence electrons. The molecule has 1 aromatic carbocycles. The van der Waals surface area contributed by atoms with E-state index in [9.17, 15) is 13.2 Å². The number of ether oxygens (including phenoxy) is 1. The third-order valence-corrected chi connectivity index (χ3v) is 7.15. The summed E-state index contributed by atoms with van der Waals surface area (Å²) in [4.78, 5) is 18.8. The van der Waals surface area contributed by atoms with Gasteiger partial charge in [0.15, 0.2) is 0 Å². The molecule has 1 aliphatic rings. The highest BCUT2D eigenvalue weighted by Crippen LogP contribution is 2.31. The predicted molar refractivity (Wildman–Crippen MR) is 120 cm³/mol.